The van der Waals surface area contributed by atoms with Gasteiger partial charge in [0.1, 0.15) is 5.70 Å². The largest absolute Gasteiger partial charge is 0.350 e. The van der Waals surface area contributed by atoms with Crippen LogP contribution >= 0.6 is 11.6 Å². The normalized spacial score (nSPS) is 13.5. The third-order valence-corrected chi connectivity index (χ3v) is 5.84. The first kappa shape index (κ1) is 21.4. The minimum Gasteiger partial charge on any atom is -0.350 e. The Kier molecular flexibility index (Phi) is 5.56. The van der Waals surface area contributed by atoms with Crippen molar-refractivity contribution in [2.24, 2.45) is 0 Å². The second-order valence-electron chi connectivity index (χ2n) is 7.76. The standard InChI is InChI=1S/C26H20ClN3O2/c1-15-4-11-21(17(3)12-15)23-24(29-19-8-5-16(2)22(27)13-19)26(32)30(25(23)31)20-9-6-18(14-28)7-10-20/h4-13,29H,1-3H3. The summed E-state index contributed by atoms with van der Waals surface area (Å²) in [7, 11) is 0. The van der Waals surface area contributed by atoms with E-state index >= 15 is 0 Å². The second kappa shape index (κ2) is 8.33. The molecule has 158 valence electrons. The van der Waals surface area contributed by atoms with Gasteiger partial charge >= 0.3 is 0 Å². The van der Waals surface area contributed by atoms with Crippen molar-refractivity contribution >= 4 is 40.4 Å². The molecule has 4 rings (SSSR count). The first-order chi connectivity index (χ1) is 15.3. The Morgan fingerprint density at radius 3 is 2.22 bits per heavy atom. The number of hydrogen-bond acceptors (Lipinski definition) is 4. The minimum absolute atomic E-state index is 0.186. The average molecular weight is 442 g/mol. The van der Waals surface area contributed by atoms with Gasteiger partial charge in [-0.15, -0.1) is 0 Å². The molecule has 0 aliphatic carbocycles. The van der Waals surface area contributed by atoms with Crippen LogP contribution in [0.1, 0.15) is 27.8 Å². The molecule has 0 unspecified atom stereocenters. The first-order valence-corrected chi connectivity index (χ1v) is 10.4. The fraction of sp³-hybridized carbons (Fsp3) is 0.115. The molecule has 5 nitrogen and oxygen atoms in total. The van der Waals surface area contributed by atoms with Crippen LogP contribution in [-0.4, -0.2) is 11.8 Å². The summed E-state index contributed by atoms with van der Waals surface area (Å²) >= 11 is 6.27. The number of nitriles is 1. The number of hydrogen-bond donors (Lipinski definition) is 1. The lowest BCUT2D eigenvalue weighted by Crippen LogP contribution is -2.32. The van der Waals surface area contributed by atoms with Crippen LogP contribution in [0.2, 0.25) is 5.02 Å². The molecule has 6 heteroatoms. The molecular weight excluding hydrogens is 422 g/mol. The van der Waals surface area contributed by atoms with Crippen LogP contribution in [0.15, 0.2) is 66.4 Å². The zero-order valence-corrected chi connectivity index (χ0v) is 18.6. The molecule has 32 heavy (non-hydrogen) atoms. The molecule has 1 aliphatic heterocycles. The fourth-order valence-electron chi connectivity index (χ4n) is 3.72. The van der Waals surface area contributed by atoms with Gasteiger partial charge in [0.2, 0.25) is 0 Å². The molecule has 0 saturated carbocycles. The van der Waals surface area contributed by atoms with E-state index in [1.54, 1.807) is 30.3 Å². The molecular formula is C26H20ClN3O2. The number of nitrogens with one attached hydrogen (secondary N) is 1. The van der Waals surface area contributed by atoms with E-state index in [2.05, 4.69) is 5.32 Å². The average Bonchev–Trinajstić information content (AvgIpc) is 3.00. The molecule has 2 amide bonds. The summed E-state index contributed by atoms with van der Waals surface area (Å²) in [5, 5.41) is 12.8. The summed E-state index contributed by atoms with van der Waals surface area (Å²) in [6, 6.07) is 19.5. The highest BCUT2D eigenvalue weighted by atomic mass is 35.5. The number of halogens is 1. The molecule has 1 heterocycles. The van der Waals surface area contributed by atoms with Gasteiger partial charge in [-0.2, -0.15) is 5.26 Å². The number of anilines is 2. The molecule has 1 N–H and O–H groups in total. The summed E-state index contributed by atoms with van der Waals surface area (Å²) in [4.78, 5) is 28.2. The number of amides is 2. The number of rotatable bonds is 4. The first-order valence-electron chi connectivity index (χ1n) is 10.0. The third kappa shape index (κ3) is 3.77. The van der Waals surface area contributed by atoms with E-state index in [0.29, 0.717) is 33.1 Å². The summed E-state index contributed by atoms with van der Waals surface area (Å²) in [5.74, 6) is -0.890. The molecule has 0 aromatic heterocycles. The van der Waals surface area contributed by atoms with Crippen LogP contribution in [0.4, 0.5) is 11.4 Å². The summed E-state index contributed by atoms with van der Waals surface area (Å²) in [6.45, 7) is 5.78. The number of benzene rings is 3. The van der Waals surface area contributed by atoms with E-state index in [0.717, 1.165) is 21.6 Å². The SMILES string of the molecule is Cc1ccc(C2=C(Nc3ccc(C)c(Cl)c3)C(=O)N(c3ccc(C#N)cc3)C2=O)c(C)c1. The van der Waals surface area contributed by atoms with E-state index < -0.39 is 11.8 Å². The van der Waals surface area contributed by atoms with Crippen molar-refractivity contribution < 1.29 is 9.59 Å². The Hall–Kier alpha value is -3.88. The predicted octanol–water partition coefficient (Wildman–Crippen LogP) is 5.53. The van der Waals surface area contributed by atoms with Gasteiger partial charge in [-0.1, -0.05) is 41.4 Å². The lowest BCUT2D eigenvalue weighted by Gasteiger charge is -2.15. The molecule has 3 aromatic carbocycles. The third-order valence-electron chi connectivity index (χ3n) is 5.43. The van der Waals surface area contributed by atoms with Gasteiger partial charge in [-0.25, -0.2) is 4.90 Å². The zero-order valence-electron chi connectivity index (χ0n) is 17.9. The maximum Gasteiger partial charge on any atom is 0.282 e. The van der Waals surface area contributed by atoms with E-state index in [9.17, 15) is 9.59 Å². The van der Waals surface area contributed by atoms with Crippen LogP contribution in [0, 0.1) is 32.1 Å². The van der Waals surface area contributed by atoms with Crippen LogP contribution < -0.4 is 10.2 Å². The summed E-state index contributed by atoms with van der Waals surface area (Å²) < 4.78 is 0. The lowest BCUT2D eigenvalue weighted by molar-refractivity contribution is -0.120. The van der Waals surface area contributed by atoms with Crippen molar-refractivity contribution in [3.05, 3.63) is 99.2 Å². The van der Waals surface area contributed by atoms with Gasteiger partial charge in [-0.05, 0) is 73.9 Å². The van der Waals surface area contributed by atoms with Crippen molar-refractivity contribution in [3.63, 3.8) is 0 Å². The van der Waals surface area contributed by atoms with E-state index in [-0.39, 0.29) is 5.70 Å². The van der Waals surface area contributed by atoms with Gasteiger partial charge in [-0.3, -0.25) is 9.59 Å². The maximum atomic E-state index is 13.5. The highest BCUT2D eigenvalue weighted by Crippen LogP contribution is 2.35. The molecule has 1 aliphatic rings. The quantitative estimate of drug-likeness (QED) is 0.540. The molecule has 0 spiro atoms. The molecule has 0 fully saturated rings. The molecule has 0 bridgehead atoms. The predicted molar refractivity (Wildman–Crippen MR) is 126 cm³/mol. The Morgan fingerprint density at radius 1 is 0.875 bits per heavy atom. The Morgan fingerprint density at radius 2 is 1.59 bits per heavy atom. The van der Waals surface area contributed by atoms with Gasteiger partial charge in [0, 0.05) is 10.7 Å². The van der Waals surface area contributed by atoms with Gasteiger partial charge in [0.05, 0.1) is 22.9 Å². The van der Waals surface area contributed by atoms with Crippen LogP contribution in [0.5, 0.6) is 0 Å². The van der Waals surface area contributed by atoms with E-state index in [4.69, 9.17) is 16.9 Å². The van der Waals surface area contributed by atoms with Crippen molar-refractivity contribution in [2.45, 2.75) is 20.8 Å². The molecule has 0 radical (unpaired) electrons. The second-order valence-corrected chi connectivity index (χ2v) is 8.17. The van der Waals surface area contributed by atoms with E-state index in [1.165, 1.54) is 0 Å². The Bertz CT molecular complexity index is 1330. The summed E-state index contributed by atoms with van der Waals surface area (Å²) in [6.07, 6.45) is 0. The number of imide groups is 1. The topological polar surface area (TPSA) is 73.2 Å². The number of carbonyl (C=O) groups is 2. The molecule has 3 aromatic rings. The van der Waals surface area contributed by atoms with Crippen molar-refractivity contribution in [1.29, 1.82) is 5.26 Å². The van der Waals surface area contributed by atoms with Crippen molar-refractivity contribution in [1.82, 2.24) is 0 Å². The van der Waals surface area contributed by atoms with Crippen molar-refractivity contribution in [3.8, 4) is 6.07 Å². The fourth-order valence-corrected chi connectivity index (χ4v) is 3.90. The van der Waals surface area contributed by atoms with Gasteiger partial charge < -0.3 is 5.32 Å². The Labute approximate surface area is 191 Å². The number of carbonyl (C=O) groups excluding carboxylic acids is 2. The van der Waals surface area contributed by atoms with Crippen LogP contribution in [0.3, 0.4) is 0 Å². The minimum atomic E-state index is -0.466. The maximum absolute atomic E-state index is 13.5. The van der Waals surface area contributed by atoms with Gasteiger partial charge in [0.15, 0.2) is 0 Å². The number of nitrogens with zero attached hydrogens (tertiary/aromatic N) is 2. The highest BCUT2D eigenvalue weighted by Gasteiger charge is 2.40. The monoisotopic (exact) mass is 441 g/mol. The molecule has 0 atom stereocenters. The van der Waals surface area contributed by atoms with Crippen LogP contribution in [0.25, 0.3) is 5.57 Å². The number of aryl methyl sites for hydroxylation is 3. The lowest BCUT2D eigenvalue weighted by atomic mass is 9.97. The van der Waals surface area contributed by atoms with Gasteiger partial charge in [0.25, 0.3) is 11.8 Å². The van der Waals surface area contributed by atoms with E-state index in [1.807, 2.05) is 57.2 Å². The zero-order chi connectivity index (χ0) is 23.0. The summed E-state index contributed by atoms with van der Waals surface area (Å²) in [5.41, 5.74) is 5.50. The smallest absolute Gasteiger partial charge is 0.282 e. The van der Waals surface area contributed by atoms with Crippen LogP contribution in [-0.2, 0) is 9.59 Å². The highest BCUT2D eigenvalue weighted by molar-refractivity contribution is 6.46. The Balaban J connectivity index is 1.85. The van der Waals surface area contributed by atoms with Crippen molar-refractivity contribution in [2.75, 3.05) is 10.2 Å². The molecule has 0 saturated heterocycles.